The summed E-state index contributed by atoms with van der Waals surface area (Å²) in [6.07, 6.45) is 3.02. The lowest BCUT2D eigenvalue weighted by Gasteiger charge is -2.23. The quantitative estimate of drug-likeness (QED) is 0.129. The fraction of sp³-hybridized carbons (Fsp3) is 0.323. The van der Waals surface area contributed by atoms with Gasteiger partial charge in [0.05, 0.1) is 31.5 Å². The van der Waals surface area contributed by atoms with Crippen LogP contribution in [0.15, 0.2) is 59.3 Å². The average Bonchev–Trinajstić information content (AvgIpc) is 3.39. The number of nitrogens with one attached hydrogen (secondary N) is 1. The summed E-state index contributed by atoms with van der Waals surface area (Å²) < 4.78 is 47.4. The summed E-state index contributed by atoms with van der Waals surface area (Å²) in [7, 11) is 0. The maximum Gasteiger partial charge on any atom is 0.310 e. The highest BCUT2D eigenvalue weighted by molar-refractivity contribution is 7.90. The first-order valence-corrected chi connectivity index (χ1v) is 14.3. The zero-order valence-electron chi connectivity index (χ0n) is 23.7. The number of halogens is 1. The predicted molar refractivity (Wildman–Crippen MR) is 155 cm³/mol. The first-order valence-electron chi connectivity index (χ1n) is 13.2. The number of ketones is 1. The molecule has 0 fully saturated rings. The van der Waals surface area contributed by atoms with E-state index in [4.69, 9.17) is 13.9 Å². The Labute approximate surface area is 241 Å². The lowest BCUT2D eigenvalue weighted by molar-refractivity contribution is -0.142. The van der Waals surface area contributed by atoms with Gasteiger partial charge >= 0.3 is 5.97 Å². The molecule has 0 radical (unpaired) electrons. The standard InChI is InChI=1S/C31H33FN2O6S/c1-6-38-28(36)16-22-8-7-21(19(2)35)15-27(22)40-18-20-13-23-10-12-39-30(23)25(14-20)24-9-11-33-26(29(24)32)17-34-41(37)31(3,4)5/h7-15,34H,6,16-18H2,1-5H3. The van der Waals surface area contributed by atoms with Gasteiger partial charge in [-0.1, -0.05) is 12.1 Å². The van der Waals surface area contributed by atoms with Gasteiger partial charge in [-0.25, -0.2) is 4.39 Å². The molecule has 0 amide bonds. The van der Waals surface area contributed by atoms with E-state index in [9.17, 15) is 14.1 Å². The lowest BCUT2D eigenvalue weighted by atomic mass is 10.00. The molecule has 1 unspecified atom stereocenters. The van der Waals surface area contributed by atoms with Gasteiger partial charge in [0.25, 0.3) is 0 Å². The second-order valence-electron chi connectivity index (χ2n) is 10.5. The Kier molecular flexibility index (Phi) is 9.47. The van der Waals surface area contributed by atoms with Crippen molar-refractivity contribution in [2.45, 2.75) is 58.9 Å². The smallest absolute Gasteiger partial charge is 0.310 e. The molecule has 4 rings (SSSR count). The molecular weight excluding hydrogens is 547 g/mol. The van der Waals surface area contributed by atoms with Crippen LogP contribution in [0.2, 0.25) is 0 Å². The molecule has 2 aromatic heterocycles. The van der Waals surface area contributed by atoms with Gasteiger partial charge in [-0.2, -0.15) is 0 Å². The molecule has 1 N–H and O–H groups in total. The molecule has 216 valence electrons. The number of aromatic nitrogens is 1. The molecule has 8 nitrogen and oxygen atoms in total. The second kappa shape index (κ2) is 12.8. The fourth-order valence-electron chi connectivity index (χ4n) is 4.18. The van der Waals surface area contributed by atoms with Gasteiger partial charge in [0.1, 0.15) is 22.7 Å². The van der Waals surface area contributed by atoms with Crippen molar-refractivity contribution in [1.29, 1.82) is 0 Å². The van der Waals surface area contributed by atoms with Crippen molar-refractivity contribution in [3.8, 4) is 16.9 Å². The minimum atomic E-state index is -1.39. The number of benzene rings is 2. The zero-order chi connectivity index (χ0) is 29.7. The molecule has 1 atom stereocenters. The van der Waals surface area contributed by atoms with E-state index in [1.165, 1.54) is 19.4 Å². The van der Waals surface area contributed by atoms with Gasteiger partial charge < -0.3 is 18.4 Å². The van der Waals surface area contributed by atoms with E-state index in [0.29, 0.717) is 33.6 Å². The molecule has 10 heteroatoms. The Bertz CT molecular complexity index is 1560. The Morgan fingerprint density at radius 1 is 1.12 bits per heavy atom. The van der Waals surface area contributed by atoms with E-state index in [1.807, 2.05) is 26.8 Å². The van der Waals surface area contributed by atoms with Crippen molar-refractivity contribution >= 4 is 34.1 Å². The first kappa shape index (κ1) is 30.2. The van der Waals surface area contributed by atoms with Crippen molar-refractivity contribution in [2.24, 2.45) is 0 Å². The van der Waals surface area contributed by atoms with Gasteiger partial charge in [-0.05, 0) is 70.5 Å². The summed E-state index contributed by atoms with van der Waals surface area (Å²) in [5.74, 6) is -0.702. The molecule has 0 aliphatic rings. The van der Waals surface area contributed by atoms with Crippen LogP contribution in [0.4, 0.5) is 4.39 Å². The van der Waals surface area contributed by atoms with Crippen LogP contribution in [-0.4, -0.2) is 32.6 Å². The number of Topliss-reactive ketones (excluding diaryl/α,β-unsaturated/α-hetero) is 1. The molecule has 2 heterocycles. The molecule has 0 saturated carbocycles. The number of fused-ring (bicyclic) bond motifs is 1. The summed E-state index contributed by atoms with van der Waals surface area (Å²) in [4.78, 5) is 28.3. The number of carbonyl (C=O) groups is 2. The number of rotatable bonds is 11. The SMILES string of the molecule is CCOC(=O)Cc1ccc(C(C)=O)cc1OCc1cc(-c2ccnc(CN[S+]([O-])C(C)(C)C)c2F)c2occc2c1. The molecule has 0 saturated heterocycles. The Hall–Kier alpha value is -3.73. The molecular formula is C31H33FN2O6S. The van der Waals surface area contributed by atoms with E-state index in [0.717, 1.165) is 5.39 Å². The number of ether oxygens (including phenoxy) is 2. The van der Waals surface area contributed by atoms with Crippen LogP contribution in [0.3, 0.4) is 0 Å². The summed E-state index contributed by atoms with van der Waals surface area (Å²) in [5, 5.41) is 0.745. The number of esters is 1. The molecule has 0 aliphatic heterocycles. The van der Waals surface area contributed by atoms with Gasteiger partial charge in [-0.3, -0.25) is 14.6 Å². The van der Waals surface area contributed by atoms with E-state index < -0.39 is 27.9 Å². The van der Waals surface area contributed by atoms with Crippen LogP contribution in [0.5, 0.6) is 5.75 Å². The molecule has 4 aromatic rings. The third kappa shape index (κ3) is 7.32. The third-order valence-corrected chi connectivity index (χ3v) is 7.82. The molecule has 0 aliphatic carbocycles. The van der Waals surface area contributed by atoms with Gasteiger partial charge in [0.2, 0.25) is 0 Å². The Balaban J connectivity index is 1.65. The highest BCUT2D eigenvalue weighted by Crippen LogP contribution is 2.34. The monoisotopic (exact) mass is 580 g/mol. The topological polar surface area (TPSA) is 114 Å². The maximum atomic E-state index is 15.7. The van der Waals surface area contributed by atoms with Gasteiger partial charge in [0, 0.05) is 45.2 Å². The van der Waals surface area contributed by atoms with Crippen LogP contribution >= 0.6 is 0 Å². The van der Waals surface area contributed by atoms with Crippen molar-refractivity contribution in [2.75, 3.05) is 6.61 Å². The number of furan rings is 1. The normalized spacial score (nSPS) is 12.4. The van der Waals surface area contributed by atoms with Crippen LogP contribution in [0.25, 0.3) is 22.1 Å². The number of hydrogen-bond acceptors (Lipinski definition) is 8. The van der Waals surface area contributed by atoms with E-state index in [-0.39, 0.29) is 43.2 Å². The van der Waals surface area contributed by atoms with E-state index in [2.05, 4.69) is 9.71 Å². The van der Waals surface area contributed by atoms with Crippen LogP contribution in [0, 0.1) is 5.82 Å². The Morgan fingerprint density at radius 2 is 1.90 bits per heavy atom. The fourth-order valence-corrected chi connectivity index (χ4v) is 4.88. The van der Waals surface area contributed by atoms with E-state index in [1.54, 1.807) is 43.3 Å². The number of hydrogen-bond donors (Lipinski definition) is 1. The van der Waals surface area contributed by atoms with Crippen LogP contribution in [0.1, 0.15) is 61.8 Å². The maximum absolute atomic E-state index is 15.7. The van der Waals surface area contributed by atoms with Crippen molar-refractivity contribution < 1.29 is 32.4 Å². The molecule has 0 spiro atoms. The summed E-state index contributed by atoms with van der Waals surface area (Å²) in [6.45, 7) is 8.99. The summed E-state index contributed by atoms with van der Waals surface area (Å²) in [5.41, 5.74) is 3.17. The molecule has 2 aromatic carbocycles. The lowest BCUT2D eigenvalue weighted by Crippen LogP contribution is -2.39. The Morgan fingerprint density at radius 3 is 2.61 bits per heavy atom. The number of nitrogens with zero attached hydrogens (tertiary/aromatic N) is 1. The van der Waals surface area contributed by atoms with Crippen LogP contribution < -0.4 is 9.46 Å². The average molecular weight is 581 g/mol. The summed E-state index contributed by atoms with van der Waals surface area (Å²) >= 11 is -1.39. The molecule has 41 heavy (non-hydrogen) atoms. The van der Waals surface area contributed by atoms with Gasteiger partial charge in [0.15, 0.2) is 11.6 Å². The van der Waals surface area contributed by atoms with E-state index >= 15 is 4.39 Å². The second-order valence-corrected chi connectivity index (χ2v) is 12.5. The van der Waals surface area contributed by atoms with Crippen molar-refractivity contribution in [1.82, 2.24) is 9.71 Å². The van der Waals surface area contributed by atoms with Crippen molar-refractivity contribution in [3.63, 3.8) is 0 Å². The number of pyridine rings is 1. The highest BCUT2D eigenvalue weighted by atomic mass is 32.2. The highest BCUT2D eigenvalue weighted by Gasteiger charge is 2.27. The number of carbonyl (C=O) groups excluding carboxylic acids is 2. The van der Waals surface area contributed by atoms with Crippen molar-refractivity contribution in [3.05, 3.63) is 83.1 Å². The third-order valence-electron chi connectivity index (χ3n) is 6.30. The minimum absolute atomic E-state index is 0.00752. The largest absolute Gasteiger partial charge is 0.598 e. The van der Waals surface area contributed by atoms with Gasteiger partial charge in [-0.15, -0.1) is 4.72 Å². The minimum Gasteiger partial charge on any atom is -0.598 e. The predicted octanol–water partition coefficient (Wildman–Crippen LogP) is 6.07. The summed E-state index contributed by atoms with van der Waals surface area (Å²) in [6, 6.07) is 11.9. The van der Waals surface area contributed by atoms with Crippen LogP contribution in [-0.2, 0) is 40.5 Å². The first-order chi connectivity index (χ1) is 19.5. The molecule has 0 bridgehead atoms. The zero-order valence-corrected chi connectivity index (χ0v) is 24.5.